The number of carbonyl (C=O) groups excluding carboxylic acids is 1. The highest BCUT2D eigenvalue weighted by molar-refractivity contribution is 5.79. The number of hydrogen-bond acceptors (Lipinski definition) is 3. The largest absolute Gasteiger partial charge is 0.481 e. The first-order valence-corrected chi connectivity index (χ1v) is 11.0. The molecule has 0 heterocycles. The molecule has 32 heavy (non-hydrogen) atoms. The smallest absolute Gasteiger partial charge is 0.407 e. The van der Waals surface area contributed by atoms with Crippen molar-refractivity contribution in [1.82, 2.24) is 5.32 Å². The van der Waals surface area contributed by atoms with E-state index in [1.807, 2.05) is 48.5 Å². The second kappa shape index (κ2) is 8.50. The van der Waals surface area contributed by atoms with Gasteiger partial charge in [0.05, 0.1) is 12.5 Å². The molecule has 2 aliphatic carbocycles. The van der Waals surface area contributed by atoms with Crippen LogP contribution in [-0.4, -0.2) is 23.8 Å². The fourth-order valence-corrected chi connectivity index (χ4v) is 4.63. The topological polar surface area (TPSA) is 75.6 Å². The van der Waals surface area contributed by atoms with E-state index in [9.17, 15) is 14.7 Å². The Labute approximate surface area is 187 Å². The molecule has 162 valence electrons. The molecule has 0 saturated heterocycles. The molecule has 5 heteroatoms. The van der Waals surface area contributed by atoms with E-state index in [4.69, 9.17) is 4.74 Å². The zero-order valence-electron chi connectivity index (χ0n) is 17.7. The van der Waals surface area contributed by atoms with E-state index in [0.717, 1.165) is 27.8 Å². The van der Waals surface area contributed by atoms with Gasteiger partial charge in [0, 0.05) is 5.92 Å². The standard InChI is InChI=1S/C27H25NO4/c29-26(30)15-25(19-13-11-18(12-14-19)17-9-10-17)28-27(31)32-16-24-22-7-3-1-5-20(22)21-6-2-4-8-23(21)24/h1-8,11-14,17,24-25H,9-10,15-16H2,(H,28,31)(H,29,30)/t25-/m1/s1. The summed E-state index contributed by atoms with van der Waals surface area (Å²) in [4.78, 5) is 24.0. The van der Waals surface area contributed by atoms with Crippen molar-refractivity contribution in [2.45, 2.75) is 37.1 Å². The van der Waals surface area contributed by atoms with Crippen LogP contribution in [0, 0.1) is 0 Å². The summed E-state index contributed by atoms with van der Waals surface area (Å²) in [5, 5.41) is 12.1. The molecule has 0 spiro atoms. The van der Waals surface area contributed by atoms with E-state index in [1.54, 1.807) is 0 Å². The van der Waals surface area contributed by atoms with E-state index in [2.05, 4.69) is 29.6 Å². The lowest BCUT2D eigenvalue weighted by molar-refractivity contribution is -0.137. The molecule has 3 aromatic carbocycles. The second-order valence-electron chi connectivity index (χ2n) is 8.56. The number of carbonyl (C=O) groups is 2. The van der Waals surface area contributed by atoms with Crippen molar-refractivity contribution in [2.24, 2.45) is 0 Å². The van der Waals surface area contributed by atoms with Gasteiger partial charge in [-0.05, 0) is 52.1 Å². The van der Waals surface area contributed by atoms with Gasteiger partial charge in [0.25, 0.3) is 0 Å². The van der Waals surface area contributed by atoms with Crippen LogP contribution in [0.2, 0.25) is 0 Å². The van der Waals surface area contributed by atoms with E-state index in [0.29, 0.717) is 5.92 Å². The van der Waals surface area contributed by atoms with Gasteiger partial charge in [-0.1, -0.05) is 72.8 Å². The number of rotatable bonds is 7. The van der Waals surface area contributed by atoms with Gasteiger partial charge in [-0.15, -0.1) is 0 Å². The minimum Gasteiger partial charge on any atom is -0.481 e. The van der Waals surface area contributed by atoms with E-state index in [-0.39, 0.29) is 18.9 Å². The van der Waals surface area contributed by atoms with Crippen molar-refractivity contribution in [1.29, 1.82) is 0 Å². The van der Waals surface area contributed by atoms with E-state index >= 15 is 0 Å². The maximum Gasteiger partial charge on any atom is 0.407 e. The number of nitrogens with one attached hydrogen (secondary N) is 1. The predicted octanol–water partition coefficient (Wildman–Crippen LogP) is 5.62. The van der Waals surface area contributed by atoms with Gasteiger partial charge in [-0.2, -0.15) is 0 Å². The summed E-state index contributed by atoms with van der Waals surface area (Å²) < 4.78 is 5.60. The van der Waals surface area contributed by atoms with Crippen LogP contribution in [0.15, 0.2) is 72.8 Å². The summed E-state index contributed by atoms with van der Waals surface area (Å²) in [6, 6.07) is 23.5. The third-order valence-corrected chi connectivity index (χ3v) is 6.40. The molecule has 3 aromatic rings. The molecule has 0 aliphatic heterocycles. The number of carboxylic acids is 1. The van der Waals surface area contributed by atoms with Crippen molar-refractivity contribution in [3.05, 3.63) is 95.1 Å². The minimum atomic E-state index is -0.972. The molecular formula is C27H25NO4. The molecular weight excluding hydrogens is 402 g/mol. The summed E-state index contributed by atoms with van der Waals surface area (Å²) in [7, 11) is 0. The second-order valence-corrected chi connectivity index (χ2v) is 8.56. The molecule has 0 aromatic heterocycles. The number of aliphatic carboxylic acids is 1. The number of alkyl carbamates (subject to hydrolysis) is 1. The zero-order valence-corrected chi connectivity index (χ0v) is 17.7. The van der Waals surface area contributed by atoms with Gasteiger partial charge >= 0.3 is 12.1 Å². The molecule has 1 saturated carbocycles. The van der Waals surface area contributed by atoms with Crippen LogP contribution >= 0.6 is 0 Å². The Balaban J connectivity index is 1.28. The molecule has 0 radical (unpaired) electrons. The van der Waals surface area contributed by atoms with Crippen LogP contribution < -0.4 is 5.32 Å². The van der Waals surface area contributed by atoms with Gasteiger partial charge in [-0.25, -0.2) is 4.79 Å². The molecule has 2 aliphatic rings. The zero-order chi connectivity index (χ0) is 22.1. The lowest BCUT2D eigenvalue weighted by Crippen LogP contribution is -2.31. The first-order valence-electron chi connectivity index (χ1n) is 11.0. The van der Waals surface area contributed by atoms with Crippen molar-refractivity contribution >= 4 is 12.1 Å². The van der Waals surface area contributed by atoms with Gasteiger partial charge in [0.2, 0.25) is 0 Å². The number of ether oxygens (including phenoxy) is 1. The Morgan fingerprint density at radius 1 is 0.906 bits per heavy atom. The van der Waals surface area contributed by atoms with Crippen molar-refractivity contribution in [3.8, 4) is 11.1 Å². The minimum absolute atomic E-state index is 0.0381. The molecule has 1 fully saturated rings. The van der Waals surface area contributed by atoms with E-state index in [1.165, 1.54) is 18.4 Å². The SMILES string of the molecule is O=C(O)C[C@@H](NC(=O)OCC1c2ccccc2-c2ccccc21)c1ccc(C2CC2)cc1. The van der Waals surface area contributed by atoms with Gasteiger partial charge < -0.3 is 15.2 Å². The van der Waals surface area contributed by atoms with E-state index < -0.39 is 18.1 Å². The fourth-order valence-electron chi connectivity index (χ4n) is 4.63. The molecule has 0 unspecified atom stereocenters. The highest BCUT2D eigenvalue weighted by Gasteiger charge is 2.29. The quantitative estimate of drug-likeness (QED) is 0.513. The van der Waals surface area contributed by atoms with Gasteiger partial charge in [0.1, 0.15) is 6.61 Å². The average Bonchev–Trinajstić information content (AvgIpc) is 3.60. The summed E-state index contributed by atoms with van der Waals surface area (Å²) in [6.45, 7) is 0.195. The summed E-state index contributed by atoms with van der Waals surface area (Å²) >= 11 is 0. The maximum atomic E-state index is 12.6. The van der Waals surface area contributed by atoms with Crippen LogP contribution in [0.4, 0.5) is 4.79 Å². The van der Waals surface area contributed by atoms with Crippen LogP contribution in [0.25, 0.3) is 11.1 Å². The maximum absolute atomic E-state index is 12.6. The summed E-state index contributed by atoms with van der Waals surface area (Å²) in [6.07, 6.45) is 1.60. The highest BCUT2D eigenvalue weighted by Crippen LogP contribution is 2.44. The summed E-state index contributed by atoms with van der Waals surface area (Å²) in [5.74, 6) is -0.388. The number of amides is 1. The van der Waals surface area contributed by atoms with Gasteiger partial charge in [0.15, 0.2) is 0 Å². The fraction of sp³-hybridized carbons (Fsp3) is 0.259. The van der Waals surface area contributed by atoms with Crippen molar-refractivity contribution < 1.29 is 19.4 Å². The molecule has 5 rings (SSSR count). The van der Waals surface area contributed by atoms with Gasteiger partial charge in [-0.3, -0.25) is 4.79 Å². The Morgan fingerprint density at radius 3 is 2.06 bits per heavy atom. The predicted molar refractivity (Wildman–Crippen MR) is 122 cm³/mol. The number of hydrogen-bond donors (Lipinski definition) is 2. The Hall–Kier alpha value is -3.60. The third-order valence-electron chi connectivity index (χ3n) is 6.40. The highest BCUT2D eigenvalue weighted by atomic mass is 16.5. The van der Waals surface area contributed by atoms with Crippen molar-refractivity contribution in [2.75, 3.05) is 6.61 Å². The van der Waals surface area contributed by atoms with Crippen LogP contribution in [-0.2, 0) is 9.53 Å². The number of carboxylic acid groups (broad SMARTS) is 1. The Morgan fingerprint density at radius 2 is 1.50 bits per heavy atom. The number of benzene rings is 3. The van der Waals surface area contributed by atoms with Crippen LogP contribution in [0.3, 0.4) is 0 Å². The molecule has 0 bridgehead atoms. The Bertz CT molecular complexity index is 1100. The Kier molecular flexibility index (Phi) is 5.39. The first kappa shape index (κ1) is 20.3. The first-order chi connectivity index (χ1) is 15.6. The normalized spacial score (nSPS) is 15.5. The van der Waals surface area contributed by atoms with Crippen molar-refractivity contribution in [3.63, 3.8) is 0 Å². The van der Waals surface area contributed by atoms with Crippen LogP contribution in [0.5, 0.6) is 0 Å². The third kappa shape index (κ3) is 4.11. The lowest BCUT2D eigenvalue weighted by atomic mass is 9.98. The average molecular weight is 428 g/mol. The molecule has 1 amide bonds. The monoisotopic (exact) mass is 427 g/mol. The lowest BCUT2D eigenvalue weighted by Gasteiger charge is -2.19. The number of fused-ring (bicyclic) bond motifs is 3. The van der Waals surface area contributed by atoms with Crippen LogP contribution in [0.1, 0.15) is 59.4 Å². The molecule has 5 nitrogen and oxygen atoms in total. The summed E-state index contributed by atoms with van der Waals surface area (Å²) in [5.41, 5.74) is 6.64. The molecule has 1 atom stereocenters. The molecule has 2 N–H and O–H groups in total.